The Hall–Kier alpha value is -1.61. The second kappa shape index (κ2) is 25.1. The molecule has 5 aliphatic carbocycles. The molecule has 0 aromatic heterocycles. The standard InChI is InChI=1S/C60H98O29/c1-24(65)81-35-16-54(2,3)14-32-59(35)23-80-60(32)13-9-31-55(4)11-10-34(56(5,22-64)30(55)8-12-57(31,6)58(60,7)15-33(59)67)86-52-47(89-51-44(76)41(73)38(70)27(18-62)83-51)39(71)29(21-79-52)85-53-48(88-49-42(74)36(68)25(66)20-78-49)45(77)46(28(19-63)84-53)87-50-43(75)40(72)37(69)26(17-61)82-50/h25-53,61-64,66-77H,8-23H2,1-7H3/t25-,26-,27-,28-,29+,30-,31-,32+,33-,34+,35+,36+,37-,38-,39+,40+,41+,42-,43-,44-,45+,46-,47-,48-,49+,50+,51+,52+,53+,55+,56+,57-,58+,59+,60+/m1/s1. The minimum Gasteiger partial charge on any atom is -0.462 e. The van der Waals surface area contributed by atoms with Gasteiger partial charge in [-0.25, -0.2) is 0 Å². The summed E-state index contributed by atoms with van der Waals surface area (Å²) in [5.41, 5.74) is -3.88. The van der Waals surface area contributed by atoms with Crippen LogP contribution in [-0.2, 0) is 61.6 Å². The molecule has 6 heterocycles. The Bertz CT molecular complexity index is 2460. The van der Waals surface area contributed by atoms with Gasteiger partial charge in [0.25, 0.3) is 0 Å². The molecule has 0 unspecified atom stereocenters. The molecule has 5 saturated carbocycles. The Balaban J connectivity index is 0.864. The Labute approximate surface area is 515 Å². The van der Waals surface area contributed by atoms with Crippen LogP contribution in [0.2, 0.25) is 0 Å². The van der Waals surface area contributed by atoms with Gasteiger partial charge in [-0.15, -0.1) is 0 Å². The fraction of sp³-hybridized carbons (Fsp3) is 0.983. The zero-order chi connectivity index (χ0) is 64.6. The first kappa shape index (κ1) is 68.8. The average Bonchev–Trinajstić information content (AvgIpc) is 1.61. The smallest absolute Gasteiger partial charge is 0.302 e. The van der Waals surface area contributed by atoms with E-state index in [2.05, 4.69) is 34.6 Å². The summed E-state index contributed by atoms with van der Waals surface area (Å²) in [5, 5.41) is 177. The SMILES string of the molecule is CC(=O)O[C@H]1CC(C)(C)C[C@H]2[C@]13CO[C@@]21CC[C@@H]2[C@@]4(C)CC[C@H](O[C@@H]5OC[C@H](O[C@@H]6O[C@H](CO)[C@@H](O[C@@H]7O[C@H](CO)[C@@H](O)[C@H](O)[C@H]7O)[C@H](O)[C@H]6O[C@@H]6OC[C@@H](O)[C@H](O)[C@H]6O)[C@H](O)[C@H]5O[C@@H]5O[C@H](CO)[C@@H](O)[C@H](O)[C@H]5O)[C@@](C)(CO)[C@@H]4CC[C@@]2(C)[C@]1(C)C[C@H]3O. The number of rotatable bonds is 15. The Kier molecular flexibility index (Phi) is 19.4. The minimum atomic E-state index is -2.07. The summed E-state index contributed by atoms with van der Waals surface area (Å²) in [4.78, 5) is 12.7. The Morgan fingerprint density at radius 1 is 0.494 bits per heavy atom. The molecule has 16 N–H and O–H groups in total. The van der Waals surface area contributed by atoms with Gasteiger partial charge in [0.15, 0.2) is 31.5 Å². The van der Waals surface area contributed by atoms with Crippen LogP contribution in [0.1, 0.15) is 106 Å². The molecule has 29 heteroatoms. The monoisotopic (exact) mass is 1280 g/mol. The predicted octanol–water partition coefficient (Wildman–Crippen LogP) is -4.73. The third-order valence-electron chi connectivity index (χ3n) is 24.4. The van der Waals surface area contributed by atoms with Crippen LogP contribution >= 0.6 is 0 Å². The van der Waals surface area contributed by atoms with E-state index in [-0.39, 0.29) is 41.2 Å². The molecule has 6 aliphatic heterocycles. The van der Waals surface area contributed by atoms with E-state index >= 15 is 0 Å². The first-order chi connectivity index (χ1) is 41.8. The van der Waals surface area contributed by atoms with Crippen molar-refractivity contribution in [3.8, 4) is 0 Å². The predicted molar refractivity (Wildman–Crippen MR) is 295 cm³/mol. The number of ether oxygens (including phenoxy) is 12. The average molecular weight is 1280 g/mol. The summed E-state index contributed by atoms with van der Waals surface area (Å²) in [6, 6.07) is 0. The molecule has 89 heavy (non-hydrogen) atoms. The number of carbonyl (C=O) groups is 1. The molecule has 35 atom stereocenters. The van der Waals surface area contributed by atoms with Crippen LogP contribution in [0.25, 0.3) is 0 Å². The van der Waals surface area contributed by atoms with Crippen LogP contribution in [0.15, 0.2) is 0 Å². The van der Waals surface area contributed by atoms with Gasteiger partial charge in [-0.1, -0.05) is 41.5 Å². The van der Waals surface area contributed by atoms with E-state index in [9.17, 15) is 86.5 Å². The lowest BCUT2D eigenvalue weighted by molar-refractivity contribution is -0.402. The molecule has 29 nitrogen and oxygen atoms in total. The highest BCUT2D eigenvalue weighted by atomic mass is 16.8. The normalized spacial score (nSPS) is 56.4. The van der Waals surface area contributed by atoms with Gasteiger partial charge in [-0.05, 0) is 85.9 Å². The molecule has 11 aliphatic rings. The largest absolute Gasteiger partial charge is 0.462 e. The lowest BCUT2D eigenvalue weighted by Gasteiger charge is -2.75. The number of hydrogen-bond donors (Lipinski definition) is 16. The molecule has 0 aromatic rings. The molecule has 2 bridgehead atoms. The number of carbonyl (C=O) groups excluding carboxylic acids is 1. The molecule has 512 valence electrons. The second-order valence-corrected chi connectivity index (χ2v) is 29.5. The van der Waals surface area contributed by atoms with E-state index in [4.69, 9.17) is 56.8 Å². The molecular formula is C60H98O29. The second-order valence-electron chi connectivity index (χ2n) is 29.5. The first-order valence-corrected chi connectivity index (χ1v) is 31.7. The molecule has 11 fully saturated rings. The van der Waals surface area contributed by atoms with Gasteiger partial charge in [0.05, 0.1) is 69.5 Å². The van der Waals surface area contributed by atoms with Crippen molar-refractivity contribution >= 4 is 5.97 Å². The van der Waals surface area contributed by atoms with Crippen LogP contribution in [0.3, 0.4) is 0 Å². The van der Waals surface area contributed by atoms with Crippen molar-refractivity contribution in [2.24, 2.45) is 50.2 Å². The molecule has 6 saturated heterocycles. The van der Waals surface area contributed by atoms with Crippen molar-refractivity contribution < 1.29 is 143 Å². The Morgan fingerprint density at radius 2 is 1.06 bits per heavy atom. The number of hydrogen-bond acceptors (Lipinski definition) is 29. The Morgan fingerprint density at radius 3 is 1.66 bits per heavy atom. The number of esters is 1. The number of aliphatic hydroxyl groups excluding tert-OH is 16. The number of aliphatic hydroxyl groups is 16. The third-order valence-corrected chi connectivity index (χ3v) is 24.4. The van der Waals surface area contributed by atoms with Gasteiger partial charge in [0.2, 0.25) is 0 Å². The van der Waals surface area contributed by atoms with Gasteiger partial charge in [0.1, 0.15) is 116 Å². The van der Waals surface area contributed by atoms with Crippen LogP contribution in [0.5, 0.6) is 0 Å². The molecular weight excluding hydrogens is 1180 g/mol. The maximum Gasteiger partial charge on any atom is 0.302 e. The molecule has 0 radical (unpaired) electrons. The van der Waals surface area contributed by atoms with Gasteiger partial charge in [-0.2, -0.15) is 0 Å². The lowest BCUT2D eigenvalue weighted by Crippen LogP contribution is -2.75. The summed E-state index contributed by atoms with van der Waals surface area (Å²) >= 11 is 0. The van der Waals surface area contributed by atoms with Gasteiger partial charge >= 0.3 is 5.97 Å². The fourth-order valence-electron chi connectivity index (χ4n) is 19.4. The van der Waals surface area contributed by atoms with Crippen molar-refractivity contribution in [3.63, 3.8) is 0 Å². The highest BCUT2D eigenvalue weighted by Gasteiger charge is 2.82. The topological polar surface area (TPSA) is 452 Å². The van der Waals surface area contributed by atoms with Crippen molar-refractivity contribution in [2.45, 2.75) is 271 Å². The van der Waals surface area contributed by atoms with E-state index in [1.54, 1.807) is 0 Å². The number of fused-ring (bicyclic) bond motifs is 4. The minimum absolute atomic E-state index is 0.0758. The molecule has 11 rings (SSSR count). The van der Waals surface area contributed by atoms with Crippen LogP contribution in [0.4, 0.5) is 0 Å². The van der Waals surface area contributed by atoms with E-state index < -0.39 is 220 Å². The maximum absolute atomic E-state index is 12.7. The summed E-state index contributed by atoms with van der Waals surface area (Å²) in [6.07, 6.45) is -38.2. The maximum atomic E-state index is 12.7. The van der Waals surface area contributed by atoms with Crippen LogP contribution in [0, 0.1) is 50.2 Å². The summed E-state index contributed by atoms with van der Waals surface area (Å²) in [6.45, 7) is 10.8. The first-order valence-electron chi connectivity index (χ1n) is 31.7. The zero-order valence-electron chi connectivity index (χ0n) is 51.5. The van der Waals surface area contributed by atoms with Gasteiger partial charge < -0.3 is 139 Å². The van der Waals surface area contributed by atoms with Crippen molar-refractivity contribution in [1.82, 2.24) is 0 Å². The summed E-state index contributed by atoms with van der Waals surface area (Å²) in [5.74, 6) is -0.569. The zero-order valence-corrected chi connectivity index (χ0v) is 51.5. The summed E-state index contributed by atoms with van der Waals surface area (Å²) < 4.78 is 74.4. The van der Waals surface area contributed by atoms with E-state index in [1.807, 2.05) is 6.92 Å². The van der Waals surface area contributed by atoms with E-state index in [0.717, 1.165) is 19.3 Å². The van der Waals surface area contributed by atoms with E-state index in [0.29, 0.717) is 45.1 Å². The highest BCUT2D eigenvalue weighted by Crippen LogP contribution is 2.81. The lowest BCUT2D eigenvalue weighted by atomic mass is 9.30. The van der Waals surface area contributed by atoms with Gasteiger partial charge in [-0.3, -0.25) is 4.79 Å². The molecule has 1 spiro atoms. The van der Waals surface area contributed by atoms with Crippen molar-refractivity contribution in [1.29, 1.82) is 0 Å². The van der Waals surface area contributed by atoms with Crippen LogP contribution in [-0.4, -0.2) is 299 Å². The van der Waals surface area contributed by atoms with Gasteiger partial charge in [0, 0.05) is 23.7 Å². The highest BCUT2D eigenvalue weighted by molar-refractivity contribution is 5.66. The van der Waals surface area contributed by atoms with Crippen LogP contribution < -0.4 is 0 Å². The third kappa shape index (κ3) is 10.9. The molecule has 0 aromatic carbocycles. The fourth-order valence-corrected chi connectivity index (χ4v) is 19.4. The summed E-state index contributed by atoms with van der Waals surface area (Å²) in [7, 11) is 0. The van der Waals surface area contributed by atoms with Crippen molar-refractivity contribution in [3.05, 3.63) is 0 Å². The van der Waals surface area contributed by atoms with Crippen molar-refractivity contribution in [2.75, 3.05) is 46.2 Å². The molecule has 0 amide bonds. The quantitative estimate of drug-likeness (QED) is 0.0541. The van der Waals surface area contributed by atoms with E-state index in [1.165, 1.54) is 6.92 Å².